The van der Waals surface area contributed by atoms with Crippen LogP contribution in [-0.2, 0) is 22.2 Å². The van der Waals surface area contributed by atoms with Crippen molar-refractivity contribution in [3.05, 3.63) is 105 Å². The SMILES string of the molecule is C=CCc1cc(/C=C2\C(=O)NC(=O)N(c3ccccc3Cl)C2=O)cc(OC)c1Oc1ccc(C(F)(F)F)cc1[N+](=O)[O-]. The summed E-state index contributed by atoms with van der Waals surface area (Å²) in [6, 6.07) is 9.63. The quantitative estimate of drug-likeness (QED) is 0.103. The van der Waals surface area contributed by atoms with Gasteiger partial charge in [0.25, 0.3) is 11.8 Å². The molecule has 1 saturated heterocycles. The number of hydrogen-bond acceptors (Lipinski definition) is 7. The number of rotatable bonds is 8. The summed E-state index contributed by atoms with van der Waals surface area (Å²) < 4.78 is 50.5. The summed E-state index contributed by atoms with van der Waals surface area (Å²) in [6.45, 7) is 3.65. The fourth-order valence-corrected chi connectivity index (χ4v) is 4.27. The van der Waals surface area contributed by atoms with Crippen LogP contribution in [0.4, 0.5) is 29.3 Å². The van der Waals surface area contributed by atoms with Crippen LogP contribution in [-0.4, -0.2) is 29.9 Å². The average Bonchev–Trinajstić information content (AvgIpc) is 2.92. The molecule has 0 aliphatic carbocycles. The fraction of sp³-hybridized carbons (Fsp3) is 0.107. The van der Waals surface area contributed by atoms with E-state index in [0.717, 1.165) is 6.07 Å². The van der Waals surface area contributed by atoms with Gasteiger partial charge in [-0.1, -0.05) is 29.8 Å². The van der Waals surface area contributed by atoms with Crippen LogP contribution in [0.15, 0.2) is 72.8 Å². The molecule has 0 saturated carbocycles. The highest BCUT2D eigenvalue weighted by Gasteiger charge is 2.38. The van der Waals surface area contributed by atoms with Gasteiger partial charge in [0.2, 0.25) is 5.75 Å². The number of para-hydroxylation sites is 1. The number of anilines is 1. The average molecular weight is 602 g/mol. The number of urea groups is 1. The van der Waals surface area contributed by atoms with E-state index in [-0.39, 0.29) is 34.2 Å². The molecule has 3 aromatic rings. The van der Waals surface area contributed by atoms with Crippen LogP contribution in [0.25, 0.3) is 6.08 Å². The molecule has 0 aromatic heterocycles. The number of methoxy groups -OCH3 is 1. The molecular weight excluding hydrogens is 583 g/mol. The van der Waals surface area contributed by atoms with Crippen LogP contribution in [0.1, 0.15) is 16.7 Å². The first-order chi connectivity index (χ1) is 19.8. The van der Waals surface area contributed by atoms with Crippen molar-refractivity contribution in [3.63, 3.8) is 0 Å². The van der Waals surface area contributed by atoms with Gasteiger partial charge < -0.3 is 9.47 Å². The maximum Gasteiger partial charge on any atom is 0.416 e. The van der Waals surface area contributed by atoms with E-state index < -0.39 is 51.5 Å². The summed E-state index contributed by atoms with van der Waals surface area (Å²) in [6.07, 6.45) is -2.09. The molecule has 10 nitrogen and oxygen atoms in total. The number of ether oxygens (including phenoxy) is 2. The van der Waals surface area contributed by atoms with E-state index in [1.807, 2.05) is 0 Å². The Balaban J connectivity index is 1.79. The second kappa shape index (κ2) is 11.7. The Labute approximate surface area is 240 Å². The molecule has 0 unspecified atom stereocenters. The van der Waals surface area contributed by atoms with Crippen LogP contribution in [0.5, 0.6) is 17.2 Å². The topological polar surface area (TPSA) is 128 Å². The van der Waals surface area contributed by atoms with Gasteiger partial charge in [-0.05, 0) is 54.5 Å². The minimum absolute atomic E-state index is 0.0295. The summed E-state index contributed by atoms with van der Waals surface area (Å²) >= 11 is 6.16. The molecule has 0 atom stereocenters. The van der Waals surface area contributed by atoms with Crippen molar-refractivity contribution >= 4 is 46.9 Å². The minimum Gasteiger partial charge on any atom is -0.493 e. The van der Waals surface area contributed by atoms with Crippen LogP contribution in [0, 0.1) is 10.1 Å². The molecule has 4 rings (SSSR count). The number of nitro groups is 1. The van der Waals surface area contributed by atoms with Crippen molar-refractivity contribution in [2.24, 2.45) is 0 Å². The zero-order chi connectivity index (χ0) is 30.8. The smallest absolute Gasteiger partial charge is 0.416 e. The molecule has 0 bridgehead atoms. The van der Waals surface area contributed by atoms with Gasteiger partial charge in [-0.3, -0.25) is 25.0 Å². The molecule has 1 heterocycles. The van der Waals surface area contributed by atoms with Crippen molar-refractivity contribution in [2.75, 3.05) is 12.0 Å². The number of carbonyl (C=O) groups is 3. The third kappa shape index (κ3) is 5.95. The number of halogens is 4. The summed E-state index contributed by atoms with van der Waals surface area (Å²) in [7, 11) is 1.24. The first-order valence-electron chi connectivity index (χ1n) is 11.9. The van der Waals surface area contributed by atoms with E-state index in [4.69, 9.17) is 21.1 Å². The van der Waals surface area contributed by atoms with Gasteiger partial charge in [0.1, 0.15) is 5.57 Å². The van der Waals surface area contributed by atoms with Gasteiger partial charge in [-0.25, -0.2) is 9.69 Å². The van der Waals surface area contributed by atoms with Gasteiger partial charge in [0, 0.05) is 11.6 Å². The predicted octanol–water partition coefficient (Wildman–Crippen LogP) is 6.46. The highest BCUT2D eigenvalue weighted by Crippen LogP contribution is 2.42. The molecule has 1 aliphatic heterocycles. The largest absolute Gasteiger partial charge is 0.493 e. The molecule has 216 valence electrons. The van der Waals surface area contributed by atoms with E-state index >= 15 is 0 Å². The van der Waals surface area contributed by atoms with Crippen molar-refractivity contribution in [3.8, 4) is 17.2 Å². The van der Waals surface area contributed by atoms with Gasteiger partial charge in [0.15, 0.2) is 11.5 Å². The van der Waals surface area contributed by atoms with Crippen molar-refractivity contribution < 1.29 is 42.0 Å². The minimum atomic E-state index is -4.82. The zero-order valence-corrected chi connectivity index (χ0v) is 22.3. The van der Waals surface area contributed by atoms with Crippen molar-refractivity contribution in [1.29, 1.82) is 0 Å². The molecule has 1 fully saturated rings. The number of barbiturate groups is 1. The lowest BCUT2D eigenvalue weighted by Crippen LogP contribution is -2.54. The number of hydrogen-bond donors (Lipinski definition) is 1. The van der Waals surface area contributed by atoms with E-state index in [0.29, 0.717) is 22.6 Å². The fourth-order valence-electron chi connectivity index (χ4n) is 4.05. The van der Waals surface area contributed by atoms with E-state index in [1.165, 1.54) is 43.5 Å². The molecule has 1 aliphatic rings. The molecule has 0 radical (unpaired) electrons. The number of benzene rings is 3. The summed E-state index contributed by atoms with van der Waals surface area (Å²) in [5, 5.41) is 13.7. The third-order valence-corrected chi connectivity index (χ3v) is 6.26. The number of nitro benzene ring substituents is 1. The van der Waals surface area contributed by atoms with Gasteiger partial charge in [0.05, 0.1) is 28.3 Å². The molecular formula is C28H19ClF3N3O7. The number of imide groups is 2. The monoisotopic (exact) mass is 601 g/mol. The van der Waals surface area contributed by atoms with Crippen LogP contribution in [0.3, 0.4) is 0 Å². The molecule has 1 N–H and O–H groups in total. The highest BCUT2D eigenvalue weighted by molar-refractivity contribution is 6.42. The first-order valence-corrected chi connectivity index (χ1v) is 12.2. The molecule has 0 spiro atoms. The second-order valence-corrected chi connectivity index (χ2v) is 9.06. The lowest BCUT2D eigenvalue weighted by atomic mass is 10.0. The Kier molecular flexibility index (Phi) is 8.34. The summed E-state index contributed by atoms with van der Waals surface area (Å²) in [5.74, 6) is -2.52. The molecule has 3 aromatic carbocycles. The lowest BCUT2D eigenvalue weighted by molar-refractivity contribution is -0.385. The summed E-state index contributed by atoms with van der Waals surface area (Å²) in [5.41, 5.74) is -2.02. The normalized spacial score (nSPS) is 14.5. The van der Waals surface area contributed by atoms with Gasteiger partial charge in [-0.15, -0.1) is 6.58 Å². The van der Waals surface area contributed by atoms with Crippen LogP contribution in [0.2, 0.25) is 5.02 Å². The zero-order valence-electron chi connectivity index (χ0n) is 21.5. The maximum absolute atomic E-state index is 13.3. The molecule has 42 heavy (non-hydrogen) atoms. The molecule has 14 heteroatoms. The Bertz CT molecular complexity index is 1670. The Hall–Kier alpha value is -5.17. The van der Waals surface area contributed by atoms with E-state index in [9.17, 15) is 37.7 Å². The second-order valence-electron chi connectivity index (χ2n) is 8.65. The van der Waals surface area contributed by atoms with Crippen LogP contribution < -0.4 is 19.7 Å². The van der Waals surface area contributed by atoms with Gasteiger partial charge in [-0.2, -0.15) is 13.2 Å². The van der Waals surface area contributed by atoms with E-state index in [1.54, 1.807) is 12.1 Å². The Morgan fingerprint density at radius 3 is 2.43 bits per heavy atom. The maximum atomic E-state index is 13.3. The predicted molar refractivity (Wildman–Crippen MR) is 146 cm³/mol. The number of alkyl halides is 3. The van der Waals surface area contributed by atoms with Crippen molar-refractivity contribution in [1.82, 2.24) is 5.32 Å². The molecule has 4 amide bonds. The van der Waals surface area contributed by atoms with Gasteiger partial charge >= 0.3 is 17.9 Å². The Morgan fingerprint density at radius 1 is 1.10 bits per heavy atom. The third-order valence-electron chi connectivity index (χ3n) is 5.94. The number of nitrogens with zero attached hydrogens (tertiary/aromatic N) is 2. The number of carbonyl (C=O) groups excluding carboxylic acids is 3. The standard InChI is InChI=1S/C28H19ClF3N3O7/c1-3-6-16-11-15(12-18-25(36)33-27(38)34(26(18)37)20-8-5-4-7-19(20)29)13-23(41-2)24(16)42-22-10-9-17(28(30,31)32)14-21(22)35(39)40/h3-5,7-14H,1,6H2,2H3,(H,33,36,38)/b18-12+. The number of amides is 4. The number of nitrogens with one attached hydrogen (secondary N) is 1. The van der Waals surface area contributed by atoms with Crippen molar-refractivity contribution in [2.45, 2.75) is 12.6 Å². The Morgan fingerprint density at radius 2 is 1.81 bits per heavy atom. The lowest BCUT2D eigenvalue weighted by Gasteiger charge is -2.27. The first kappa shape index (κ1) is 29.8. The van der Waals surface area contributed by atoms with E-state index in [2.05, 4.69) is 11.9 Å². The summed E-state index contributed by atoms with van der Waals surface area (Å²) in [4.78, 5) is 49.7. The highest BCUT2D eigenvalue weighted by atomic mass is 35.5. The van der Waals surface area contributed by atoms with Crippen LogP contribution >= 0.6 is 11.6 Å². The number of allylic oxidation sites excluding steroid dienone is 1.